The number of hydrogen-bond donors (Lipinski definition) is 2. The van der Waals surface area contributed by atoms with Crippen LogP contribution in [0.25, 0.3) is 34.5 Å². The van der Waals surface area contributed by atoms with Gasteiger partial charge in [0, 0.05) is 23.3 Å². The maximum absolute atomic E-state index is 13.0. The Hall–Kier alpha value is -4.78. The number of aryl methyl sites for hydroxylation is 1. The molecule has 0 saturated carbocycles. The summed E-state index contributed by atoms with van der Waals surface area (Å²) < 4.78 is 71.3. The van der Waals surface area contributed by atoms with Gasteiger partial charge in [0.05, 0.1) is 22.0 Å². The van der Waals surface area contributed by atoms with E-state index in [0.29, 0.717) is 16.6 Å². The molecule has 4 aromatic carbocycles. The molecule has 0 aliphatic rings. The first kappa shape index (κ1) is 33.6. The number of nitrogens with zero attached hydrogens (tertiary/aromatic N) is 2. The molecule has 0 spiro atoms. The van der Waals surface area contributed by atoms with Gasteiger partial charge in [0.2, 0.25) is 0 Å². The Morgan fingerprint density at radius 2 is 1.62 bits per heavy atom. The third kappa shape index (κ3) is 7.79. The SMILES string of the molecule is CCn1cc(-c2ccc(Cl)cc2Cl)nc1C=Cc1ccc(-c2ccc(Oc3ccc(C(=O)O)cc3NS(=O)(=O)C(F)(F)F)cc2)cc1. The highest BCUT2D eigenvalue weighted by Gasteiger charge is 2.46. The van der Waals surface area contributed by atoms with Gasteiger partial charge in [-0.05, 0) is 78.2 Å². The van der Waals surface area contributed by atoms with Gasteiger partial charge in [-0.1, -0.05) is 65.7 Å². The fourth-order valence-electron chi connectivity index (χ4n) is 4.48. The van der Waals surface area contributed by atoms with Crippen LogP contribution in [0.4, 0.5) is 18.9 Å². The molecule has 14 heteroatoms. The van der Waals surface area contributed by atoms with Crippen molar-refractivity contribution in [2.75, 3.05) is 4.72 Å². The summed E-state index contributed by atoms with van der Waals surface area (Å²) in [5.74, 6) is -0.857. The second-order valence-corrected chi connectivity index (χ2v) is 12.6. The van der Waals surface area contributed by atoms with Crippen LogP contribution in [0.1, 0.15) is 28.7 Å². The maximum atomic E-state index is 13.0. The largest absolute Gasteiger partial charge is 0.516 e. The van der Waals surface area contributed by atoms with Crippen LogP contribution in [0.3, 0.4) is 0 Å². The molecule has 0 unspecified atom stereocenters. The second-order valence-electron chi connectivity index (χ2n) is 10.0. The summed E-state index contributed by atoms with van der Waals surface area (Å²) in [7, 11) is -5.83. The molecule has 0 bridgehead atoms. The predicted octanol–water partition coefficient (Wildman–Crippen LogP) is 9.47. The number of anilines is 1. The number of rotatable bonds is 10. The van der Waals surface area contributed by atoms with Crippen molar-refractivity contribution in [1.82, 2.24) is 9.55 Å². The summed E-state index contributed by atoms with van der Waals surface area (Å²) in [5, 5.41) is 10.3. The minimum Gasteiger partial charge on any atom is -0.478 e. The van der Waals surface area contributed by atoms with Crippen LogP contribution in [-0.2, 0) is 16.6 Å². The molecule has 0 amide bonds. The van der Waals surface area contributed by atoms with Crippen LogP contribution in [0.2, 0.25) is 10.0 Å². The van der Waals surface area contributed by atoms with Crippen LogP contribution in [0.5, 0.6) is 11.5 Å². The van der Waals surface area contributed by atoms with Crippen molar-refractivity contribution in [1.29, 1.82) is 0 Å². The van der Waals surface area contributed by atoms with Gasteiger partial charge in [-0.15, -0.1) is 0 Å². The molecule has 242 valence electrons. The molecule has 5 rings (SSSR count). The van der Waals surface area contributed by atoms with E-state index in [9.17, 15) is 31.5 Å². The van der Waals surface area contributed by atoms with Crippen molar-refractivity contribution in [2.45, 2.75) is 19.0 Å². The van der Waals surface area contributed by atoms with Gasteiger partial charge in [0.15, 0.2) is 5.75 Å². The molecule has 0 atom stereocenters. The van der Waals surface area contributed by atoms with Crippen LogP contribution >= 0.6 is 23.2 Å². The van der Waals surface area contributed by atoms with Gasteiger partial charge < -0.3 is 14.4 Å². The number of carbonyl (C=O) groups is 1. The van der Waals surface area contributed by atoms with Crippen LogP contribution < -0.4 is 9.46 Å². The molecule has 1 heterocycles. The zero-order valence-electron chi connectivity index (χ0n) is 24.3. The zero-order valence-corrected chi connectivity index (χ0v) is 26.6. The quantitative estimate of drug-likeness (QED) is 0.150. The first-order valence-corrected chi connectivity index (χ1v) is 16.0. The van der Waals surface area contributed by atoms with Gasteiger partial charge in [-0.3, -0.25) is 4.72 Å². The smallest absolute Gasteiger partial charge is 0.478 e. The van der Waals surface area contributed by atoms with E-state index in [0.717, 1.165) is 52.0 Å². The molecule has 0 aliphatic carbocycles. The van der Waals surface area contributed by atoms with Gasteiger partial charge in [0.25, 0.3) is 0 Å². The summed E-state index contributed by atoms with van der Waals surface area (Å²) in [6, 6.07) is 22.4. The van der Waals surface area contributed by atoms with Crippen molar-refractivity contribution in [3.63, 3.8) is 0 Å². The van der Waals surface area contributed by atoms with Crippen molar-refractivity contribution >= 4 is 57.0 Å². The van der Waals surface area contributed by atoms with E-state index >= 15 is 0 Å². The molecular formula is C33H24Cl2F3N3O5S. The summed E-state index contributed by atoms with van der Waals surface area (Å²) in [5.41, 5.74) is -2.64. The fraction of sp³-hybridized carbons (Fsp3) is 0.0909. The minimum atomic E-state index is -5.83. The third-order valence-electron chi connectivity index (χ3n) is 6.88. The number of benzene rings is 4. The van der Waals surface area contributed by atoms with Crippen molar-refractivity contribution in [2.24, 2.45) is 0 Å². The van der Waals surface area contributed by atoms with E-state index in [1.807, 2.05) is 60.2 Å². The van der Waals surface area contributed by atoms with Crippen LogP contribution in [0, 0.1) is 0 Å². The number of sulfonamides is 1. The highest BCUT2D eigenvalue weighted by atomic mass is 35.5. The molecule has 47 heavy (non-hydrogen) atoms. The molecule has 0 aliphatic heterocycles. The number of hydrogen-bond acceptors (Lipinski definition) is 5. The summed E-state index contributed by atoms with van der Waals surface area (Å²) in [6.07, 6.45) is 5.77. The average molecular weight is 703 g/mol. The molecule has 0 saturated heterocycles. The third-order valence-corrected chi connectivity index (χ3v) is 8.53. The van der Waals surface area contributed by atoms with E-state index in [1.165, 1.54) is 4.72 Å². The Kier molecular flexibility index (Phi) is 9.66. The van der Waals surface area contributed by atoms with E-state index < -0.39 is 32.8 Å². The van der Waals surface area contributed by atoms with Crippen molar-refractivity contribution in [3.05, 3.63) is 118 Å². The highest BCUT2D eigenvalue weighted by molar-refractivity contribution is 7.93. The number of imidazole rings is 1. The molecule has 2 N–H and O–H groups in total. The first-order chi connectivity index (χ1) is 22.2. The lowest BCUT2D eigenvalue weighted by molar-refractivity contribution is -0.0429. The van der Waals surface area contributed by atoms with Gasteiger partial charge in [-0.25, -0.2) is 9.78 Å². The summed E-state index contributed by atoms with van der Waals surface area (Å²) in [4.78, 5) is 16.1. The molecule has 0 radical (unpaired) electrons. The molecule has 0 fully saturated rings. The topological polar surface area (TPSA) is 111 Å². The first-order valence-electron chi connectivity index (χ1n) is 13.8. The van der Waals surface area contributed by atoms with E-state index in [-0.39, 0.29) is 11.5 Å². The minimum absolute atomic E-state index is 0.175. The van der Waals surface area contributed by atoms with Gasteiger partial charge >= 0.3 is 21.5 Å². The van der Waals surface area contributed by atoms with E-state index in [4.69, 9.17) is 32.9 Å². The predicted molar refractivity (Wildman–Crippen MR) is 176 cm³/mol. The van der Waals surface area contributed by atoms with E-state index in [2.05, 4.69) is 0 Å². The molecule has 8 nitrogen and oxygen atoms in total. The fourth-order valence-corrected chi connectivity index (χ4v) is 5.55. The highest BCUT2D eigenvalue weighted by Crippen LogP contribution is 2.35. The summed E-state index contributed by atoms with van der Waals surface area (Å²) in [6.45, 7) is 2.72. The van der Waals surface area contributed by atoms with Crippen LogP contribution in [0.15, 0.2) is 91.1 Å². The van der Waals surface area contributed by atoms with Gasteiger partial charge in [-0.2, -0.15) is 21.6 Å². The van der Waals surface area contributed by atoms with E-state index in [1.54, 1.807) is 36.4 Å². The Morgan fingerprint density at radius 3 is 2.21 bits per heavy atom. The number of aromatic carboxylic acids is 1. The standard InChI is InChI=1S/C33H24Cl2F3N3O5S/c1-2-41-19-29(26-14-11-24(34)18-27(26)35)39-31(41)16-5-20-3-6-21(7-4-20)22-8-12-25(13-9-22)46-30-15-10-23(32(42)43)17-28(30)40-47(44,45)33(36,37)38/h3-19,40H,2H2,1H3,(H,42,43). The Labute approximate surface area is 277 Å². The molecule has 1 aromatic heterocycles. The normalized spacial score (nSPS) is 12.0. The lowest BCUT2D eigenvalue weighted by Gasteiger charge is -2.15. The Balaban J connectivity index is 1.31. The number of carboxylic acid groups (broad SMARTS) is 1. The number of nitrogens with one attached hydrogen (secondary N) is 1. The zero-order chi connectivity index (χ0) is 33.9. The van der Waals surface area contributed by atoms with Gasteiger partial charge in [0.1, 0.15) is 11.6 Å². The van der Waals surface area contributed by atoms with Crippen LogP contribution in [-0.4, -0.2) is 34.6 Å². The number of halogens is 5. The lowest BCUT2D eigenvalue weighted by atomic mass is 10.0. The van der Waals surface area contributed by atoms with Crippen molar-refractivity contribution < 1.29 is 36.2 Å². The number of ether oxygens (including phenoxy) is 1. The maximum Gasteiger partial charge on any atom is 0.516 e. The number of alkyl halides is 3. The lowest BCUT2D eigenvalue weighted by Crippen LogP contribution is -2.30. The molecule has 5 aromatic rings. The Bertz CT molecular complexity index is 2080. The number of aromatic nitrogens is 2. The Morgan fingerprint density at radius 1 is 0.957 bits per heavy atom. The monoisotopic (exact) mass is 701 g/mol. The number of carboxylic acids is 1. The molecular weight excluding hydrogens is 678 g/mol. The average Bonchev–Trinajstić information content (AvgIpc) is 3.43. The van der Waals surface area contributed by atoms with Crippen molar-refractivity contribution in [3.8, 4) is 33.9 Å². The second kappa shape index (κ2) is 13.5. The summed E-state index contributed by atoms with van der Waals surface area (Å²) >= 11 is 12.4.